The van der Waals surface area contributed by atoms with Crippen LogP contribution in [0.4, 0.5) is 13.2 Å². The van der Waals surface area contributed by atoms with E-state index in [-0.39, 0.29) is 36.9 Å². The van der Waals surface area contributed by atoms with Crippen LogP contribution in [0.2, 0.25) is 0 Å². The summed E-state index contributed by atoms with van der Waals surface area (Å²) in [5.74, 6) is -3.69. The fraction of sp³-hybridized carbons (Fsp3) is 0.0345. The average Bonchev–Trinajstić information content (AvgIpc) is 2.92. The average molecular weight is 648 g/mol. The standard InChI is InChI=1S/C17H12N.C12H7F3N.Ir/c1-3-7-14(8-4-1)16-11-12-18-17(13-16)15-9-5-2-6-10-15;1-7-2-3-12(16-6-7)8-4-10(14)11(15)5-9(8)13;/h1-9,11-13H;2-3,5-6H,1H3;/q2*-1;/i;1D3;. The molecule has 2 aromatic heterocycles. The summed E-state index contributed by atoms with van der Waals surface area (Å²) in [6.45, 7) is -2.33. The Morgan fingerprint density at radius 1 is 0.771 bits per heavy atom. The first-order chi connectivity index (χ1) is 17.7. The smallest absolute Gasteiger partial charge is 0.0756 e. The molecule has 2 heterocycles. The molecule has 0 fully saturated rings. The van der Waals surface area contributed by atoms with Crippen molar-refractivity contribution >= 4 is 0 Å². The molecule has 5 rings (SSSR count). The zero-order valence-corrected chi connectivity index (χ0v) is 20.5. The van der Waals surface area contributed by atoms with Gasteiger partial charge in [0.1, 0.15) is 0 Å². The molecule has 35 heavy (non-hydrogen) atoms. The summed E-state index contributed by atoms with van der Waals surface area (Å²) < 4.78 is 60.7. The van der Waals surface area contributed by atoms with Gasteiger partial charge in [-0.05, 0) is 41.0 Å². The van der Waals surface area contributed by atoms with Crippen LogP contribution >= 0.6 is 0 Å². The van der Waals surface area contributed by atoms with E-state index in [1.54, 1.807) is 0 Å². The Kier molecular flexibility index (Phi) is 7.64. The number of rotatable bonds is 3. The van der Waals surface area contributed by atoms with E-state index in [1.807, 2.05) is 60.8 Å². The second-order valence-corrected chi connectivity index (χ2v) is 7.16. The first-order valence-electron chi connectivity index (χ1n) is 11.7. The maximum absolute atomic E-state index is 13.5. The number of nitrogens with zero attached hydrogens (tertiary/aromatic N) is 2. The minimum atomic E-state index is -2.33. The molecule has 0 saturated carbocycles. The minimum Gasteiger partial charge on any atom is -0.305 e. The SMILES string of the molecule is [2H]C([2H])([2H])c1ccc(-c2[c-]c(F)c(F)cc2F)nc1.[Ir].[c-]1ccccc1-c1cc(-c2ccccc2)ccn1. The number of aromatic nitrogens is 2. The van der Waals surface area contributed by atoms with E-state index in [0.29, 0.717) is 6.07 Å². The van der Waals surface area contributed by atoms with Crippen LogP contribution in [0.5, 0.6) is 0 Å². The maximum atomic E-state index is 13.5. The second kappa shape index (κ2) is 12.2. The molecule has 0 spiro atoms. The van der Waals surface area contributed by atoms with Crippen molar-refractivity contribution in [2.24, 2.45) is 0 Å². The molecule has 6 heteroatoms. The van der Waals surface area contributed by atoms with Gasteiger partial charge in [-0.1, -0.05) is 66.2 Å². The van der Waals surface area contributed by atoms with Gasteiger partial charge in [-0.15, -0.1) is 35.9 Å². The number of halogens is 3. The topological polar surface area (TPSA) is 25.8 Å². The minimum absolute atomic E-state index is 0. The largest absolute Gasteiger partial charge is 0.305 e. The molecule has 0 amide bonds. The molecule has 0 saturated heterocycles. The van der Waals surface area contributed by atoms with Crippen LogP contribution in [0.15, 0.2) is 97.3 Å². The summed E-state index contributed by atoms with van der Waals surface area (Å²) >= 11 is 0. The summed E-state index contributed by atoms with van der Waals surface area (Å²) in [7, 11) is 0. The molecule has 0 N–H and O–H groups in total. The van der Waals surface area contributed by atoms with E-state index in [1.165, 1.54) is 23.3 Å². The van der Waals surface area contributed by atoms with Crippen LogP contribution in [-0.4, -0.2) is 9.97 Å². The van der Waals surface area contributed by atoms with Crippen molar-refractivity contribution in [2.45, 2.75) is 6.85 Å². The summed E-state index contributed by atoms with van der Waals surface area (Å²) in [6, 6.07) is 30.3. The number of hydrogen-bond donors (Lipinski definition) is 0. The molecule has 177 valence electrons. The van der Waals surface area contributed by atoms with E-state index < -0.39 is 24.3 Å². The Balaban J connectivity index is 0.000000205. The van der Waals surface area contributed by atoms with Gasteiger partial charge in [0.2, 0.25) is 0 Å². The summed E-state index contributed by atoms with van der Waals surface area (Å²) in [5.41, 5.74) is 3.96. The Bertz CT molecular complexity index is 1430. The predicted molar refractivity (Wildman–Crippen MR) is 127 cm³/mol. The third-order valence-corrected chi connectivity index (χ3v) is 4.81. The van der Waals surface area contributed by atoms with Gasteiger partial charge in [-0.3, -0.25) is 8.78 Å². The monoisotopic (exact) mass is 648 g/mol. The quantitative estimate of drug-likeness (QED) is 0.150. The second-order valence-electron chi connectivity index (χ2n) is 7.16. The zero-order valence-electron chi connectivity index (χ0n) is 21.1. The number of pyridine rings is 2. The Morgan fingerprint density at radius 2 is 1.57 bits per heavy atom. The summed E-state index contributed by atoms with van der Waals surface area (Å²) in [4.78, 5) is 8.13. The molecule has 3 aromatic carbocycles. The van der Waals surface area contributed by atoms with Crippen molar-refractivity contribution in [1.82, 2.24) is 9.97 Å². The van der Waals surface area contributed by atoms with Crippen molar-refractivity contribution < 1.29 is 37.4 Å². The summed E-state index contributed by atoms with van der Waals surface area (Å²) in [5, 5.41) is 0. The molecule has 0 aliphatic heterocycles. The number of benzene rings is 3. The molecule has 0 unspecified atom stereocenters. The van der Waals surface area contributed by atoms with Gasteiger partial charge in [-0.25, -0.2) is 4.39 Å². The van der Waals surface area contributed by atoms with Crippen molar-refractivity contribution in [1.29, 1.82) is 0 Å². The van der Waals surface area contributed by atoms with E-state index in [2.05, 4.69) is 34.2 Å². The number of hydrogen-bond acceptors (Lipinski definition) is 2. The number of aryl methyl sites for hydroxylation is 1. The Hall–Kier alpha value is -3.60. The van der Waals surface area contributed by atoms with Crippen LogP contribution in [-0.2, 0) is 20.1 Å². The molecule has 0 aliphatic carbocycles. The molecule has 0 atom stereocenters. The summed E-state index contributed by atoms with van der Waals surface area (Å²) in [6.07, 6.45) is 2.88. The van der Waals surface area contributed by atoms with Gasteiger partial charge < -0.3 is 9.97 Å². The van der Waals surface area contributed by atoms with Crippen LogP contribution < -0.4 is 0 Å². The van der Waals surface area contributed by atoms with Gasteiger partial charge in [-0.2, -0.15) is 0 Å². The molecule has 5 aromatic rings. The van der Waals surface area contributed by atoms with Crippen molar-refractivity contribution in [3.05, 3.63) is 132 Å². The fourth-order valence-corrected chi connectivity index (χ4v) is 3.14. The first-order valence-corrected chi connectivity index (χ1v) is 10.2. The van der Waals surface area contributed by atoms with E-state index in [0.717, 1.165) is 17.5 Å². The van der Waals surface area contributed by atoms with Crippen molar-refractivity contribution in [3.63, 3.8) is 0 Å². The molecular formula is C29H19F3IrN2-2. The Morgan fingerprint density at radius 3 is 2.26 bits per heavy atom. The van der Waals surface area contributed by atoms with Crippen LogP contribution in [0.25, 0.3) is 33.6 Å². The van der Waals surface area contributed by atoms with Crippen LogP contribution in [0, 0.1) is 36.4 Å². The molecule has 0 aliphatic rings. The Labute approximate surface area is 220 Å². The van der Waals surface area contributed by atoms with Gasteiger partial charge >= 0.3 is 0 Å². The van der Waals surface area contributed by atoms with Crippen molar-refractivity contribution in [2.75, 3.05) is 0 Å². The maximum Gasteiger partial charge on any atom is 0.0756 e. The normalized spacial score (nSPS) is 11.7. The van der Waals surface area contributed by atoms with E-state index in [9.17, 15) is 13.2 Å². The third-order valence-electron chi connectivity index (χ3n) is 4.81. The van der Waals surface area contributed by atoms with E-state index >= 15 is 0 Å². The van der Waals surface area contributed by atoms with Gasteiger partial charge in [0.05, 0.1) is 11.6 Å². The predicted octanol–water partition coefficient (Wildman–Crippen LogP) is 7.49. The van der Waals surface area contributed by atoms with Crippen LogP contribution in [0.1, 0.15) is 9.68 Å². The van der Waals surface area contributed by atoms with Gasteiger partial charge in [0, 0.05) is 42.4 Å². The van der Waals surface area contributed by atoms with Crippen molar-refractivity contribution in [3.8, 4) is 33.6 Å². The first kappa shape index (κ1) is 21.9. The van der Waals surface area contributed by atoms with E-state index in [4.69, 9.17) is 4.11 Å². The molecule has 1 radical (unpaired) electrons. The van der Waals surface area contributed by atoms with Gasteiger partial charge in [0.15, 0.2) is 0 Å². The molecule has 0 bridgehead atoms. The van der Waals surface area contributed by atoms with Crippen LogP contribution in [0.3, 0.4) is 0 Å². The van der Waals surface area contributed by atoms with Gasteiger partial charge in [0.25, 0.3) is 0 Å². The molecule has 2 nitrogen and oxygen atoms in total. The zero-order chi connectivity index (χ0) is 26.4. The third kappa shape index (κ3) is 6.72. The molecular weight excluding hydrogens is 626 g/mol. The fourth-order valence-electron chi connectivity index (χ4n) is 3.14.